The summed E-state index contributed by atoms with van der Waals surface area (Å²) < 4.78 is 36.5. The molecule has 676 valence electrons. The maximum atomic E-state index is 13.9. The molecular weight excluding hydrogens is 1730 g/mol. The van der Waals surface area contributed by atoms with E-state index in [0.717, 1.165) is 28.8 Å². The van der Waals surface area contributed by atoms with E-state index in [-0.39, 0.29) is 107 Å². The van der Waals surface area contributed by atoms with E-state index < -0.39 is 134 Å². The zero-order valence-corrected chi connectivity index (χ0v) is 75.4. The Kier molecular flexibility index (Phi) is 23.1. The van der Waals surface area contributed by atoms with E-state index in [1.165, 1.54) is 6.92 Å². The van der Waals surface area contributed by atoms with Crippen molar-refractivity contribution in [3.8, 4) is 0 Å². The van der Waals surface area contributed by atoms with E-state index in [0.29, 0.717) is 113 Å². The summed E-state index contributed by atoms with van der Waals surface area (Å²) in [6, 6.07) is 27.4. The third kappa shape index (κ3) is 12.7. The average Bonchev–Trinajstić information content (AvgIpc) is 1.50. The number of aliphatic hydroxyl groups is 6. The number of hydrazine groups is 3. The number of nitrogens with zero attached hydrogens (tertiary/aromatic N) is 9. The summed E-state index contributed by atoms with van der Waals surface area (Å²) >= 11 is 1.97. The van der Waals surface area contributed by atoms with E-state index in [1.54, 1.807) is 43.6 Å². The van der Waals surface area contributed by atoms with Crippen LogP contribution in [0.4, 0.5) is 35.8 Å². The molecule has 15 aliphatic rings. The zero-order valence-electron chi connectivity index (χ0n) is 73.2. The molecule has 0 spiro atoms. The third-order valence-corrected chi connectivity index (χ3v) is 35.0. The number of hydrogen-bond acceptors (Lipinski definition) is 23. The molecule has 18 rings (SSSR count). The number of Topliss-reactive ketones (excluding diaryl/α,β-unsaturated/α-hetero) is 3. The second-order valence-corrected chi connectivity index (χ2v) is 39.5. The maximum absolute atomic E-state index is 13.9. The number of rotatable bonds is 13. The first kappa shape index (κ1) is 90.0. The molecule has 6 heterocycles. The van der Waals surface area contributed by atoms with Crippen LogP contribution in [0.2, 0.25) is 0 Å². The highest BCUT2D eigenvalue weighted by molar-refractivity contribution is 14.1. The van der Waals surface area contributed by atoms with Gasteiger partial charge in [-0.25, -0.2) is 58.1 Å². The molecular formula is C95H117FIN9O20. The first-order valence-corrected chi connectivity index (χ1v) is 45.8. The van der Waals surface area contributed by atoms with Crippen molar-refractivity contribution in [1.82, 2.24) is 30.1 Å². The SMILES string of the molecule is C=C1N(c2ccccc2)C(=O)N2CC=C([C@@H]3C[C@@H](OC(=O)CF)[C@]4(C)[C@H](C)CC[C@]5(C[C@H](O)C(=O)[C@]54O)[C@H]3C)CN12.C=C1N(c2ccccc2)C(=O)N2CC=C([C@@H]3C[C@@H](OC(=O)CI)[C@]4(C)[C@H](C)CC[C@]5(C[C@H](O)C(=O)[C@]54O)[C@H]3C)CN12.C=C1N(c2ccccc2)C(=O)N2CC=C([C@@H]3C[C@@H](OC(=O)COC(C)=O)[C@]4(C)[C@H](C)CC[C@]5(C[C@H](O)C(=O)[C@]54O)[C@H]3C)CN12. The number of fused-ring (bicyclic) bond motifs is 3. The highest BCUT2D eigenvalue weighted by atomic mass is 127. The number of ether oxygens (including phenoxy) is 4. The number of aliphatic hydroxyl groups excluding tert-OH is 3. The van der Waals surface area contributed by atoms with Crippen LogP contribution in [0.25, 0.3) is 0 Å². The number of urea groups is 3. The molecule has 126 heavy (non-hydrogen) atoms. The van der Waals surface area contributed by atoms with E-state index in [1.807, 2.05) is 182 Å². The van der Waals surface area contributed by atoms with Gasteiger partial charge in [0.1, 0.15) is 70.9 Å². The van der Waals surface area contributed by atoms with Crippen molar-refractivity contribution in [2.75, 3.05) is 71.7 Å². The van der Waals surface area contributed by atoms with Crippen LogP contribution in [0.1, 0.15) is 146 Å². The molecule has 9 aliphatic carbocycles. The minimum Gasteiger partial charge on any atom is -0.461 e. The number of hydrogen-bond donors (Lipinski definition) is 6. The monoisotopic (exact) mass is 1850 g/mol. The van der Waals surface area contributed by atoms with Gasteiger partial charge in [-0.2, -0.15) is 0 Å². The molecule has 3 aromatic rings. The van der Waals surface area contributed by atoms with E-state index in [4.69, 9.17) is 18.9 Å². The fourth-order valence-corrected chi connectivity index (χ4v) is 27.2. The van der Waals surface area contributed by atoms with E-state index >= 15 is 0 Å². The number of ketones is 3. The first-order valence-electron chi connectivity index (χ1n) is 44.3. The van der Waals surface area contributed by atoms with Gasteiger partial charge >= 0.3 is 42.0 Å². The van der Waals surface area contributed by atoms with Gasteiger partial charge < -0.3 is 49.6 Å². The number of para-hydroxylation sites is 3. The van der Waals surface area contributed by atoms with Gasteiger partial charge in [-0.15, -0.1) is 0 Å². The second kappa shape index (κ2) is 32.4. The normalized spacial score (nSPS) is 39.5. The first-order chi connectivity index (χ1) is 59.6. The van der Waals surface area contributed by atoms with E-state index in [2.05, 4.69) is 32.7 Å². The number of alkyl halides is 2. The maximum Gasteiger partial charge on any atom is 0.349 e. The molecule has 6 bridgehead atoms. The van der Waals surface area contributed by atoms with E-state index in [9.17, 15) is 83.0 Å². The highest BCUT2D eigenvalue weighted by Crippen LogP contribution is 2.75. The van der Waals surface area contributed by atoms with Crippen LogP contribution in [-0.2, 0) is 52.5 Å². The Labute approximate surface area is 746 Å². The third-order valence-electron chi connectivity index (χ3n) is 34.4. The zero-order chi connectivity index (χ0) is 90.7. The predicted molar refractivity (Wildman–Crippen MR) is 466 cm³/mol. The van der Waals surface area contributed by atoms with Crippen LogP contribution in [0.15, 0.2) is 163 Å². The van der Waals surface area contributed by atoms with Gasteiger partial charge in [-0.1, -0.05) is 177 Å². The van der Waals surface area contributed by atoms with Gasteiger partial charge in [-0.3, -0.25) is 39.0 Å². The van der Waals surface area contributed by atoms with Crippen LogP contribution < -0.4 is 14.7 Å². The number of esters is 4. The number of carbonyl (C=O) groups is 10. The van der Waals surface area contributed by atoms with Gasteiger partial charge in [0.25, 0.3) is 0 Å². The fourth-order valence-electron chi connectivity index (χ4n) is 27.0. The second-order valence-electron chi connectivity index (χ2n) is 38.8. The number of anilines is 3. The van der Waals surface area contributed by atoms with Crippen LogP contribution in [0.5, 0.6) is 0 Å². The Morgan fingerprint density at radius 2 is 0.722 bits per heavy atom. The molecule has 9 saturated carbocycles. The van der Waals surface area contributed by atoms with Gasteiger partial charge in [0, 0.05) is 39.4 Å². The lowest BCUT2D eigenvalue weighted by molar-refractivity contribution is -0.235. The smallest absolute Gasteiger partial charge is 0.349 e. The molecule has 24 atom stereocenters. The summed E-state index contributed by atoms with van der Waals surface area (Å²) in [6.45, 7) is 31.5. The molecule has 29 nitrogen and oxygen atoms in total. The van der Waals surface area contributed by atoms with Crippen molar-refractivity contribution < 1.29 is 102 Å². The number of benzene rings is 3. The lowest BCUT2D eigenvalue weighted by atomic mass is 9.46. The average molecular weight is 1850 g/mol. The fraction of sp³-hybridized carbons (Fsp3) is 0.579. The Hall–Kier alpha value is -9.38. The Balaban J connectivity index is 0.000000139. The number of carbonyl (C=O) groups excluding carboxylic acids is 10. The summed E-state index contributed by atoms with van der Waals surface area (Å²) in [6.07, 6.45) is 4.73. The largest absolute Gasteiger partial charge is 0.461 e. The lowest BCUT2D eigenvalue weighted by Crippen LogP contribution is -2.69. The van der Waals surface area contributed by atoms with Crippen LogP contribution in [-0.4, -0.2) is 230 Å². The van der Waals surface area contributed by atoms with Crippen molar-refractivity contribution in [1.29, 1.82) is 0 Å². The molecule has 3 aromatic carbocycles. The number of halogens is 2. The molecule has 0 aromatic heterocycles. The quantitative estimate of drug-likeness (QED) is 0.0304. The van der Waals surface area contributed by atoms with Crippen molar-refractivity contribution in [2.24, 2.45) is 85.8 Å². The van der Waals surface area contributed by atoms with Gasteiger partial charge in [0.2, 0.25) is 0 Å². The Morgan fingerprint density at radius 3 is 0.992 bits per heavy atom. The van der Waals surface area contributed by atoms with Gasteiger partial charge in [0.05, 0.1) is 60.8 Å². The lowest BCUT2D eigenvalue weighted by Gasteiger charge is -2.60. The molecule has 0 radical (unpaired) electrons. The van der Waals surface area contributed by atoms with Crippen molar-refractivity contribution in [3.63, 3.8) is 0 Å². The molecule has 0 unspecified atom stereocenters. The predicted octanol–water partition coefficient (Wildman–Crippen LogP) is 10.8. The topological polar surface area (TPSA) is 358 Å². The van der Waals surface area contributed by atoms with Gasteiger partial charge in [-0.05, 0) is 183 Å². The highest BCUT2D eigenvalue weighted by Gasteiger charge is 2.82. The summed E-state index contributed by atoms with van der Waals surface area (Å²) in [5, 5.41) is 81.4. The Morgan fingerprint density at radius 1 is 0.444 bits per heavy atom. The number of amides is 6. The van der Waals surface area contributed by atoms with Crippen LogP contribution in [0.3, 0.4) is 0 Å². The van der Waals surface area contributed by atoms with Crippen LogP contribution in [0, 0.1) is 85.8 Å². The van der Waals surface area contributed by atoms with Crippen molar-refractivity contribution in [3.05, 3.63) is 163 Å². The molecule has 31 heteroatoms. The summed E-state index contributed by atoms with van der Waals surface area (Å²) in [5.74, 6) is -5.09. The summed E-state index contributed by atoms with van der Waals surface area (Å²) in [4.78, 5) is 136. The molecule has 6 N–H and O–H groups in total. The molecule has 6 aliphatic heterocycles. The molecule has 3 saturated heterocycles. The van der Waals surface area contributed by atoms with Gasteiger partial charge in [0.15, 0.2) is 30.6 Å². The molecule has 6 amide bonds. The summed E-state index contributed by atoms with van der Waals surface area (Å²) in [5.41, 5.74) is -6.88. The Bertz CT molecular complexity index is 4900. The molecule has 12 fully saturated rings. The minimum absolute atomic E-state index is 0.112. The minimum atomic E-state index is -1.95. The standard InChI is InChI=1S/C33H41N3O8.C31H38FN3O6.C31H38IN3O6/c1-19-11-13-32-16-26(38)29(40)33(32,42)31(19,5)27(44-28(39)18-43-22(4)37)15-25(20(32)2)23-12-14-34-30(41)36(21(3)35(34)17-23)24-9-7-6-8-10-24;2*1-18-10-12-30-15-24(36)27(38)31(30,40)29(18,4)25(41-26(37)16-32)14-23(19(30)2)21-11-13-33-28(39)35(20(3)34(33)17-21)22-8-6-5-7-9-22/h6-10,12,19-20,25-27,38,42H,3,11,13-18H2,1-2,4-5H3;2*5-9,11,18-19,23-25,36,40H,3,10,12-17H2,1-2,4H3/t19-,20+,25-,26+,27-,31+,32+,33-;2*18-,19+,23-,24+,25-,29+,30+,31-/m111/s1. The van der Waals surface area contributed by atoms with Crippen molar-refractivity contribution in [2.45, 2.75) is 200 Å². The van der Waals surface area contributed by atoms with Crippen molar-refractivity contribution >= 4 is 99.0 Å². The van der Waals surface area contributed by atoms with Crippen LogP contribution >= 0.6 is 22.6 Å². The summed E-state index contributed by atoms with van der Waals surface area (Å²) in [7, 11) is 0.